The molecule has 1 aromatic carbocycles. The number of benzene rings is 1. The Morgan fingerprint density at radius 2 is 2.11 bits per heavy atom. The molecule has 0 fully saturated rings. The number of rotatable bonds is 5. The number of nitrogens with zero attached hydrogens (tertiary/aromatic N) is 1. The van der Waals surface area contributed by atoms with Crippen molar-refractivity contribution in [1.82, 2.24) is 0 Å². The van der Waals surface area contributed by atoms with Gasteiger partial charge in [-0.15, -0.1) is 11.3 Å². The lowest BCUT2D eigenvalue weighted by Crippen LogP contribution is -2.23. The van der Waals surface area contributed by atoms with Crippen molar-refractivity contribution in [3.63, 3.8) is 0 Å². The zero-order valence-corrected chi connectivity index (χ0v) is 12.8. The smallest absolute Gasteiger partial charge is 0.0603 e. The first-order valence-corrected chi connectivity index (χ1v) is 7.70. The molecule has 0 saturated heterocycles. The molecule has 1 heterocycles. The van der Waals surface area contributed by atoms with E-state index in [0.717, 1.165) is 35.4 Å². The Morgan fingerprint density at radius 3 is 2.72 bits per heavy atom. The van der Waals surface area contributed by atoms with Crippen molar-refractivity contribution in [3.8, 4) is 0 Å². The zero-order valence-electron chi connectivity index (χ0n) is 10.4. The number of para-hydroxylation sites is 2. The third-order valence-electron chi connectivity index (χ3n) is 2.74. The molecule has 0 amide bonds. The van der Waals surface area contributed by atoms with E-state index in [9.17, 15) is 0 Å². The highest BCUT2D eigenvalue weighted by atomic mass is 79.9. The molecular weight excluding hydrogens is 308 g/mol. The Labute approximate surface area is 121 Å². The second kappa shape index (κ2) is 6.25. The maximum Gasteiger partial charge on any atom is 0.0603 e. The summed E-state index contributed by atoms with van der Waals surface area (Å²) in [6.07, 6.45) is 1.11. The van der Waals surface area contributed by atoms with Crippen molar-refractivity contribution < 1.29 is 0 Å². The third-order valence-corrected chi connectivity index (χ3v) is 4.42. The van der Waals surface area contributed by atoms with Crippen LogP contribution in [0.2, 0.25) is 0 Å². The van der Waals surface area contributed by atoms with Crippen LogP contribution in [0.15, 0.2) is 40.2 Å². The fraction of sp³-hybridized carbons (Fsp3) is 0.286. The first-order valence-electron chi connectivity index (χ1n) is 6.03. The number of nitrogen functional groups attached to an aromatic ring is 1. The van der Waals surface area contributed by atoms with Crippen LogP contribution in [-0.2, 0) is 6.54 Å². The molecule has 0 bridgehead atoms. The standard InChI is InChI=1S/C14H17BrN2S/c1-2-7-17(9-12-8-11(15)10-18-12)14-6-4-3-5-13(14)16/h3-6,8,10H,2,7,9,16H2,1H3. The first kappa shape index (κ1) is 13.4. The van der Waals surface area contributed by atoms with Crippen LogP contribution in [0, 0.1) is 0 Å². The molecule has 96 valence electrons. The summed E-state index contributed by atoms with van der Waals surface area (Å²) in [7, 11) is 0. The minimum absolute atomic E-state index is 0.849. The molecular formula is C14H17BrN2S. The van der Waals surface area contributed by atoms with Gasteiger partial charge in [0.25, 0.3) is 0 Å². The highest BCUT2D eigenvalue weighted by Crippen LogP contribution is 2.27. The van der Waals surface area contributed by atoms with E-state index >= 15 is 0 Å². The van der Waals surface area contributed by atoms with Gasteiger partial charge in [-0.25, -0.2) is 0 Å². The molecule has 0 spiro atoms. The highest BCUT2D eigenvalue weighted by molar-refractivity contribution is 9.10. The van der Waals surface area contributed by atoms with E-state index in [4.69, 9.17) is 5.73 Å². The van der Waals surface area contributed by atoms with Crippen molar-refractivity contribution in [1.29, 1.82) is 0 Å². The van der Waals surface area contributed by atoms with Crippen molar-refractivity contribution in [3.05, 3.63) is 45.1 Å². The summed E-state index contributed by atoms with van der Waals surface area (Å²) < 4.78 is 1.15. The molecule has 18 heavy (non-hydrogen) atoms. The molecule has 4 heteroatoms. The topological polar surface area (TPSA) is 29.3 Å². The third kappa shape index (κ3) is 3.27. The highest BCUT2D eigenvalue weighted by Gasteiger charge is 2.10. The quantitative estimate of drug-likeness (QED) is 0.820. The van der Waals surface area contributed by atoms with Gasteiger partial charge in [-0.1, -0.05) is 19.1 Å². The molecule has 2 rings (SSSR count). The predicted molar refractivity (Wildman–Crippen MR) is 84.2 cm³/mol. The normalized spacial score (nSPS) is 10.6. The van der Waals surface area contributed by atoms with Gasteiger partial charge in [-0.3, -0.25) is 0 Å². The Kier molecular flexibility index (Phi) is 4.66. The van der Waals surface area contributed by atoms with E-state index in [1.807, 2.05) is 18.2 Å². The van der Waals surface area contributed by atoms with E-state index < -0.39 is 0 Å². The number of anilines is 2. The fourth-order valence-corrected chi connectivity index (χ4v) is 3.42. The molecule has 0 atom stereocenters. The van der Waals surface area contributed by atoms with Crippen LogP contribution in [-0.4, -0.2) is 6.54 Å². The van der Waals surface area contributed by atoms with Crippen LogP contribution in [0.25, 0.3) is 0 Å². The summed E-state index contributed by atoms with van der Waals surface area (Å²) in [4.78, 5) is 3.69. The average Bonchev–Trinajstić information content (AvgIpc) is 2.75. The van der Waals surface area contributed by atoms with Crippen molar-refractivity contribution in [2.45, 2.75) is 19.9 Å². The van der Waals surface area contributed by atoms with E-state index in [1.165, 1.54) is 4.88 Å². The van der Waals surface area contributed by atoms with Crippen molar-refractivity contribution >= 4 is 38.6 Å². The predicted octanol–water partition coefficient (Wildman–Crippen LogP) is 4.51. The summed E-state index contributed by atoms with van der Waals surface area (Å²) in [5, 5.41) is 2.12. The van der Waals surface area contributed by atoms with Crippen LogP contribution in [0.3, 0.4) is 0 Å². The SMILES string of the molecule is CCCN(Cc1cc(Br)cs1)c1ccccc1N. The van der Waals surface area contributed by atoms with Gasteiger partial charge < -0.3 is 10.6 Å². The molecule has 0 radical (unpaired) electrons. The van der Waals surface area contributed by atoms with E-state index in [2.05, 4.69) is 45.3 Å². The van der Waals surface area contributed by atoms with Crippen molar-refractivity contribution in [2.24, 2.45) is 0 Å². The lowest BCUT2D eigenvalue weighted by atomic mass is 10.2. The van der Waals surface area contributed by atoms with Gasteiger partial charge in [-0.05, 0) is 40.5 Å². The molecule has 0 aliphatic carbocycles. The Bertz CT molecular complexity index is 510. The zero-order chi connectivity index (χ0) is 13.0. The van der Waals surface area contributed by atoms with Crippen LogP contribution in [0.4, 0.5) is 11.4 Å². The molecule has 0 aliphatic rings. The fourth-order valence-electron chi connectivity index (χ4n) is 1.95. The first-order chi connectivity index (χ1) is 8.70. The van der Waals surface area contributed by atoms with Gasteiger partial charge >= 0.3 is 0 Å². The minimum atomic E-state index is 0.849. The number of hydrogen-bond acceptors (Lipinski definition) is 3. The molecule has 2 nitrogen and oxygen atoms in total. The summed E-state index contributed by atoms with van der Waals surface area (Å²) in [6, 6.07) is 10.2. The van der Waals surface area contributed by atoms with Gasteiger partial charge in [0.15, 0.2) is 0 Å². The summed E-state index contributed by atoms with van der Waals surface area (Å²) >= 11 is 5.27. The molecule has 1 aromatic heterocycles. The lowest BCUT2D eigenvalue weighted by Gasteiger charge is -2.25. The second-order valence-electron chi connectivity index (χ2n) is 4.21. The van der Waals surface area contributed by atoms with Gasteiger partial charge in [0.1, 0.15) is 0 Å². The van der Waals surface area contributed by atoms with Gasteiger partial charge in [0, 0.05) is 21.3 Å². The van der Waals surface area contributed by atoms with E-state index in [0.29, 0.717) is 0 Å². The minimum Gasteiger partial charge on any atom is -0.397 e. The Hall–Kier alpha value is -1.00. The summed E-state index contributed by atoms with van der Waals surface area (Å²) in [5.41, 5.74) is 8.04. The molecule has 2 N–H and O–H groups in total. The Morgan fingerprint density at radius 1 is 1.33 bits per heavy atom. The number of nitrogens with two attached hydrogens (primary N) is 1. The summed E-state index contributed by atoms with van der Waals surface area (Å²) in [5.74, 6) is 0. The average molecular weight is 325 g/mol. The van der Waals surface area contributed by atoms with E-state index in [-0.39, 0.29) is 0 Å². The molecule has 0 aliphatic heterocycles. The molecule has 0 unspecified atom stereocenters. The van der Waals surface area contributed by atoms with Crippen LogP contribution in [0.5, 0.6) is 0 Å². The second-order valence-corrected chi connectivity index (χ2v) is 6.12. The monoisotopic (exact) mass is 324 g/mol. The van der Waals surface area contributed by atoms with Gasteiger partial charge in [-0.2, -0.15) is 0 Å². The van der Waals surface area contributed by atoms with Crippen LogP contribution < -0.4 is 10.6 Å². The Balaban J connectivity index is 2.20. The van der Waals surface area contributed by atoms with Gasteiger partial charge in [0.05, 0.1) is 17.9 Å². The van der Waals surface area contributed by atoms with Crippen molar-refractivity contribution in [2.75, 3.05) is 17.2 Å². The number of thiophene rings is 1. The maximum absolute atomic E-state index is 6.06. The largest absolute Gasteiger partial charge is 0.397 e. The lowest BCUT2D eigenvalue weighted by molar-refractivity contribution is 0.775. The maximum atomic E-state index is 6.06. The van der Waals surface area contributed by atoms with Crippen LogP contribution in [0.1, 0.15) is 18.2 Å². The number of halogens is 1. The molecule has 0 saturated carbocycles. The molecule has 2 aromatic rings. The van der Waals surface area contributed by atoms with Gasteiger partial charge in [0.2, 0.25) is 0 Å². The van der Waals surface area contributed by atoms with E-state index in [1.54, 1.807) is 11.3 Å². The number of hydrogen-bond donors (Lipinski definition) is 1. The van der Waals surface area contributed by atoms with Crippen LogP contribution >= 0.6 is 27.3 Å². The summed E-state index contributed by atoms with van der Waals surface area (Å²) in [6.45, 7) is 4.12.